The van der Waals surface area contributed by atoms with Crippen LogP contribution >= 0.6 is 0 Å². The maximum absolute atomic E-state index is 12.3. The summed E-state index contributed by atoms with van der Waals surface area (Å²) in [6.45, 7) is 4.52. The van der Waals surface area contributed by atoms with Crippen LogP contribution in [0.15, 0.2) is 48.5 Å². The minimum Gasteiger partial charge on any atom is -0.494 e. The van der Waals surface area contributed by atoms with E-state index in [1.807, 2.05) is 42.7 Å². The van der Waals surface area contributed by atoms with Gasteiger partial charge in [-0.05, 0) is 43.3 Å². The first kappa shape index (κ1) is 18.4. The van der Waals surface area contributed by atoms with Crippen molar-refractivity contribution in [2.75, 3.05) is 6.61 Å². The predicted molar refractivity (Wildman–Crippen MR) is 102 cm³/mol. The molecule has 2 N–H and O–H groups in total. The maximum Gasteiger partial charge on any atom is 0.269 e. The van der Waals surface area contributed by atoms with Crippen molar-refractivity contribution in [3.8, 4) is 5.75 Å². The molecule has 0 saturated heterocycles. The lowest BCUT2D eigenvalue weighted by Crippen LogP contribution is -2.43. The van der Waals surface area contributed by atoms with Gasteiger partial charge in [-0.1, -0.05) is 19.1 Å². The third kappa shape index (κ3) is 4.25. The topological polar surface area (TPSA) is 85.3 Å². The highest BCUT2D eigenvalue weighted by Crippen LogP contribution is 2.16. The summed E-state index contributed by atoms with van der Waals surface area (Å²) in [5.41, 5.74) is 7.06. The van der Waals surface area contributed by atoms with Gasteiger partial charge in [0, 0.05) is 12.0 Å². The Hall–Kier alpha value is -3.35. The van der Waals surface area contributed by atoms with Gasteiger partial charge in [0.25, 0.3) is 11.8 Å². The Kier molecular flexibility index (Phi) is 5.71. The fraction of sp³-hybridized carbons (Fsp3) is 0.250. The van der Waals surface area contributed by atoms with Gasteiger partial charge in [0.15, 0.2) is 0 Å². The van der Waals surface area contributed by atoms with Crippen LogP contribution in [0.4, 0.5) is 0 Å². The summed E-state index contributed by atoms with van der Waals surface area (Å²) in [6.07, 6.45) is 0.709. The average molecular weight is 366 g/mol. The van der Waals surface area contributed by atoms with E-state index in [2.05, 4.69) is 15.8 Å². The molecule has 2 amide bonds. The Morgan fingerprint density at radius 3 is 2.48 bits per heavy atom. The number of nitrogens with zero attached hydrogens (tertiary/aromatic N) is 2. The van der Waals surface area contributed by atoms with Crippen molar-refractivity contribution in [1.82, 2.24) is 20.4 Å². The zero-order valence-corrected chi connectivity index (χ0v) is 15.4. The van der Waals surface area contributed by atoms with Crippen LogP contribution in [-0.4, -0.2) is 28.0 Å². The Labute approximate surface area is 157 Å². The van der Waals surface area contributed by atoms with Crippen molar-refractivity contribution in [2.24, 2.45) is 0 Å². The molecule has 0 bridgehead atoms. The van der Waals surface area contributed by atoms with Crippen molar-refractivity contribution < 1.29 is 14.3 Å². The number of hydrogen-bond acceptors (Lipinski definition) is 4. The van der Waals surface area contributed by atoms with Gasteiger partial charge in [-0.25, -0.2) is 4.98 Å². The largest absolute Gasteiger partial charge is 0.494 e. The molecule has 7 nitrogen and oxygen atoms in total. The van der Waals surface area contributed by atoms with Gasteiger partial charge in [-0.3, -0.25) is 20.4 Å². The number of amides is 2. The van der Waals surface area contributed by atoms with E-state index in [0.717, 1.165) is 16.9 Å². The second-order valence-electron chi connectivity index (χ2n) is 5.92. The van der Waals surface area contributed by atoms with Gasteiger partial charge < -0.3 is 9.30 Å². The molecule has 7 heteroatoms. The summed E-state index contributed by atoms with van der Waals surface area (Å²) in [7, 11) is 0. The van der Waals surface area contributed by atoms with Gasteiger partial charge in [0.05, 0.1) is 17.6 Å². The van der Waals surface area contributed by atoms with E-state index in [9.17, 15) is 9.59 Å². The summed E-state index contributed by atoms with van der Waals surface area (Å²) < 4.78 is 7.20. The Morgan fingerprint density at radius 1 is 1.04 bits per heavy atom. The standard InChI is InChI=1S/C20H22N4O3/c1-3-18-21-16-7-5-6-8-17(16)24(18)13-19(25)22-23-20(26)14-9-11-15(12-10-14)27-4-2/h5-12H,3-4,13H2,1-2H3,(H,22,25)(H,23,26). The highest BCUT2D eigenvalue weighted by molar-refractivity contribution is 5.95. The van der Waals surface area contributed by atoms with E-state index in [1.54, 1.807) is 24.3 Å². The van der Waals surface area contributed by atoms with Crippen molar-refractivity contribution in [2.45, 2.75) is 26.8 Å². The van der Waals surface area contributed by atoms with E-state index in [1.165, 1.54) is 0 Å². The fourth-order valence-corrected chi connectivity index (χ4v) is 2.82. The molecule has 2 aromatic carbocycles. The SMILES string of the molecule is CCOc1ccc(C(=O)NNC(=O)Cn2c(CC)nc3ccccc32)cc1. The summed E-state index contributed by atoms with van der Waals surface area (Å²) in [6, 6.07) is 14.4. The van der Waals surface area contributed by atoms with Crippen molar-refractivity contribution >= 4 is 22.8 Å². The summed E-state index contributed by atoms with van der Waals surface area (Å²) in [5, 5.41) is 0. The first-order valence-electron chi connectivity index (χ1n) is 8.88. The van der Waals surface area contributed by atoms with Crippen molar-refractivity contribution in [1.29, 1.82) is 0 Å². The molecule has 3 rings (SSSR count). The molecule has 1 aromatic heterocycles. The molecule has 0 atom stereocenters. The number of imidazole rings is 1. The summed E-state index contributed by atoms with van der Waals surface area (Å²) >= 11 is 0. The second-order valence-corrected chi connectivity index (χ2v) is 5.92. The lowest BCUT2D eigenvalue weighted by Gasteiger charge is -2.10. The third-order valence-corrected chi connectivity index (χ3v) is 4.09. The molecule has 0 saturated carbocycles. The number of aromatic nitrogens is 2. The number of hydrogen-bond donors (Lipinski definition) is 2. The van der Waals surface area contributed by atoms with E-state index in [-0.39, 0.29) is 12.5 Å². The van der Waals surface area contributed by atoms with Crippen LogP contribution in [0.2, 0.25) is 0 Å². The lowest BCUT2D eigenvalue weighted by molar-refractivity contribution is -0.122. The Morgan fingerprint density at radius 2 is 1.78 bits per heavy atom. The van der Waals surface area contributed by atoms with E-state index in [0.29, 0.717) is 24.3 Å². The van der Waals surface area contributed by atoms with Crippen molar-refractivity contribution in [3.05, 3.63) is 59.9 Å². The lowest BCUT2D eigenvalue weighted by atomic mass is 10.2. The van der Waals surface area contributed by atoms with Crippen molar-refractivity contribution in [3.63, 3.8) is 0 Å². The highest BCUT2D eigenvalue weighted by atomic mass is 16.5. The van der Waals surface area contributed by atoms with Crippen LogP contribution in [0.5, 0.6) is 5.75 Å². The first-order chi connectivity index (χ1) is 13.1. The smallest absolute Gasteiger partial charge is 0.269 e. The predicted octanol–water partition coefficient (Wildman–Crippen LogP) is 2.46. The number of benzene rings is 2. The number of hydrazine groups is 1. The van der Waals surface area contributed by atoms with E-state index in [4.69, 9.17) is 4.74 Å². The van der Waals surface area contributed by atoms with Gasteiger partial charge in [0.1, 0.15) is 18.1 Å². The number of rotatable bonds is 6. The fourth-order valence-electron chi connectivity index (χ4n) is 2.82. The number of carbonyl (C=O) groups excluding carboxylic acids is 2. The summed E-state index contributed by atoms with van der Waals surface area (Å²) in [4.78, 5) is 29.0. The number of aryl methyl sites for hydroxylation is 1. The van der Waals surface area contributed by atoms with Gasteiger partial charge in [-0.15, -0.1) is 0 Å². The monoisotopic (exact) mass is 366 g/mol. The van der Waals surface area contributed by atoms with Gasteiger partial charge >= 0.3 is 0 Å². The molecule has 0 spiro atoms. The highest BCUT2D eigenvalue weighted by Gasteiger charge is 2.13. The quantitative estimate of drug-likeness (QED) is 0.656. The molecule has 27 heavy (non-hydrogen) atoms. The average Bonchev–Trinajstić information content (AvgIpc) is 3.04. The molecule has 0 fully saturated rings. The normalized spacial score (nSPS) is 10.6. The Bertz CT molecular complexity index is 948. The molecule has 1 heterocycles. The van der Waals surface area contributed by atoms with Crippen LogP contribution in [0.25, 0.3) is 11.0 Å². The molecule has 3 aromatic rings. The van der Waals surface area contributed by atoms with Crippen LogP contribution < -0.4 is 15.6 Å². The zero-order valence-electron chi connectivity index (χ0n) is 15.4. The van der Waals surface area contributed by atoms with E-state index < -0.39 is 5.91 Å². The number of fused-ring (bicyclic) bond motifs is 1. The molecular formula is C20H22N4O3. The van der Waals surface area contributed by atoms with E-state index >= 15 is 0 Å². The third-order valence-electron chi connectivity index (χ3n) is 4.09. The maximum atomic E-state index is 12.3. The minimum atomic E-state index is -0.391. The molecular weight excluding hydrogens is 344 g/mol. The molecule has 0 aliphatic heterocycles. The number of carbonyl (C=O) groups is 2. The molecule has 140 valence electrons. The molecule has 0 unspecified atom stereocenters. The van der Waals surface area contributed by atoms with Crippen LogP contribution in [0.1, 0.15) is 30.0 Å². The Balaban J connectivity index is 1.62. The minimum absolute atomic E-state index is 0.0766. The van der Waals surface area contributed by atoms with Crippen LogP contribution in [-0.2, 0) is 17.8 Å². The number of para-hydroxylation sites is 2. The second kappa shape index (κ2) is 8.35. The van der Waals surface area contributed by atoms with Crippen LogP contribution in [0.3, 0.4) is 0 Å². The molecule has 0 aliphatic carbocycles. The molecule has 0 aliphatic rings. The van der Waals surface area contributed by atoms with Gasteiger partial charge in [-0.2, -0.15) is 0 Å². The number of ether oxygens (including phenoxy) is 1. The first-order valence-corrected chi connectivity index (χ1v) is 8.88. The van der Waals surface area contributed by atoms with Crippen LogP contribution in [0, 0.1) is 0 Å². The molecule has 0 radical (unpaired) electrons. The summed E-state index contributed by atoms with van der Waals surface area (Å²) in [5.74, 6) is 0.797. The zero-order chi connectivity index (χ0) is 19.2. The van der Waals surface area contributed by atoms with Gasteiger partial charge in [0.2, 0.25) is 0 Å². The number of nitrogens with one attached hydrogen (secondary N) is 2.